The summed E-state index contributed by atoms with van der Waals surface area (Å²) in [5, 5.41) is 17.1. The summed E-state index contributed by atoms with van der Waals surface area (Å²) in [5.41, 5.74) is 3.78. The summed E-state index contributed by atoms with van der Waals surface area (Å²) in [6, 6.07) is 18.2. The molecule has 0 aliphatic rings. The first-order chi connectivity index (χ1) is 13.0. The molecule has 0 radical (unpaired) electrons. The van der Waals surface area contributed by atoms with Gasteiger partial charge in [-0.2, -0.15) is 5.10 Å². The number of hydrazone groups is 1. The quantitative estimate of drug-likeness (QED) is 0.411. The summed E-state index contributed by atoms with van der Waals surface area (Å²) in [6.45, 7) is 1.36. The highest BCUT2D eigenvalue weighted by Crippen LogP contribution is 2.27. The molecule has 0 saturated carbocycles. The number of benzene rings is 3. The Balaban J connectivity index is 1.62. The molecule has 0 atom stereocenters. The fourth-order valence-corrected chi connectivity index (χ4v) is 2.60. The lowest BCUT2D eigenvalue weighted by Crippen LogP contribution is -2.24. The van der Waals surface area contributed by atoms with Crippen molar-refractivity contribution in [3.63, 3.8) is 0 Å². The first kappa shape index (κ1) is 18.1. The van der Waals surface area contributed by atoms with Crippen LogP contribution in [-0.2, 0) is 4.79 Å². The zero-order chi connectivity index (χ0) is 19.2. The minimum Gasteiger partial charge on any atom is -0.477 e. The van der Waals surface area contributed by atoms with E-state index in [1.807, 2.05) is 42.5 Å². The van der Waals surface area contributed by atoms with Gasteiger partial charge >= 0.3 is 5.69 Å². The van der Waals surface area contributed by atoms with Gasteiger partial charge in [-0.25, -0.2) is 5.43 Å². The maximum Gasteiger partial charge on any atom is 0.311 e. The van der Waals surface area contributed by atoms with Crippen LogP contribution in [-0.4, -0.2) is 23.7 Å². The summed E-state index contributed by atoms with van der Waals surface area (Å²) in [7, 11) is 0. The SMILES string of the molecule is Cc1ccc(OCC(=O)N/N=C\c2cccc3ccccc23)c([N+](=O)[O-])c1. The molecule has 7 nitrogen and oxygen atoms in total. The van der Waals surface area contributed by atoms with Crippen molar-refractivity contribution in [3.8, 4) is 5.75 Å². The van der Waals surface area contributed by atoms with Crippen LogP contribution in [0.1, 0.15) is 11.1 Å². The van der Waals surface area contributed by atoms with Gasteiger partial charge in [0.25, 0.3) is 5.91 Å². The Kier molecular flexibility index (Phi) is 5.41. The molecule has 0 saturated heterocycles. The number of amides is 1. The third-order valence-corrected chi connectivity index (χ3v) is 3.89. The van der Waals surface area contributed by atoms with E-state index >= 15 is 0 Å². The molecule has 0 aliphatic heterocycles. The van der Waals surface area contributed by atoms with Crippen molar-refractivity contribution in [2.75, 3.05) is 6.61 Å². The number of fused-ring (bicyclic) bond motifs is 1. The molecule has 0 fully saturated rings. The van der Waals surface area contributed by atoms with Crippen LogP contribution in [0.5, 0.6) is 5.75 Å². The number of nitrogens with one attached hydrogen (secondary N) is 1. The zero-order valence-corrected chi connectivity index (χ0v) is 14.6. The van der Waals surface area contributed by atoms with Gasteiger partial charge in [0.1, 0.15) is 0 Å². The second-order valence-electron chi connectivity index (χ2n) is 5.88. The lowest BCUT2D eigenvalue weighted by molar-refractivity contribution is -0.385. The molecule has 3 aromatic carbocycles. The average Bonchev–Trinajstić information content (AvgIpc) is 2.67. The molecule has 3 aromatic rings. The number of hydrogen-bond donors (Lipinski definition) is 1. The molecule has 1 amide bonds. The molecular weight excluding hydrogens is 346 g/mol. The van der Waals surface area contributed by atoms with E-state index in [1.165, 1.54) is 12.1 Å². The molecule has 27 heavy (non-hydrogen) atoms. The fraction of sp³-hybridized carbons (Fsp3) is 0.100. The highest BCUT2D eigenvalue weighted by molar-refractivity contribution is 5.99. The van der Waals surface area contributed by atoms with E-state index in [4.69, 9.17) is 4.74 Å². The molecule has 0 unspecified atom stereocenters. The van der Waals surface area contributed by atoms with Crippen LogP contribution < -0.4 is 10.2 Å². The number of hydrogen-bond acceptors (Lipinski definition) is 5. The van der Waals surface area contributed by atoms with Gasteiger partial charge < -0.3 is 4.74 Å². The predicted molar refractivity (Wildman–Crippen MR) is 103 cm³/mol. The van der Waals surface area contributed by atoms with Crippen molar-refractivity contribution in [1.29, 1.82) is 0 Å². The topological polar surface area (TPSA) is 93.8 Å². The number of nitro benzene ring substituents is 1. The highest BCUT2D eigenvalue weighted by Gasteiger charge is 2.16. The van der Waals surface area contributed by atoms with Crippen LogP contribution in [0.4, 0.5) is 5.69 Å². The van der Waals surface area contributed by atoms with E-state index in [-0.39, 0.29) is 18.0 Å². The molecule has 0 aromatic heterocycles. The first-order valence-corrected chi connectivity index (χ1v) is 8.22. The first-order valence-electron chi connectivity index (χ1n) is 8.22. The third kappa shape index (κ3) is 4.46. The van der Waals surface area contributed by atoms with Crippen LogP contribution in [0.2, 0.25) is 0 Å². The van der Waals surface area contributed by atoms with E-state index in [9.17, 15) is 14.9 Å². The van der Waals surface area contributed by atoms with Gasteiger partial charge in [0.2, 0.25) is 0 Å². The van der Waals surface area contributed by atoms with Gasteiger partial charge in [-0.1, -0.05) is 48.5 Å². The van der Waals surface area contributed by atoms with Crippen molar-refractivity contribution in [2.24, 2.45) is 5.10 Å². The monoisotopic (exact) mass is 363 g/mol. The Morgan fingerprint density at radius 1 is 1.19 bits per heavy atom. The molecule has 0 heterocycles. The van der Waals surface area contributed by atoms with Crippen LogP contribution >= 0.6 is 0 Å². The predicted octanol–water partition coefficient (Wildman–Crippen LogP) is 3.59. The van der Waals surface area contributed by atoms with E-state index in [1.54, 1.807) is 19.2 Å². The van der Waals surface area contributed by atoms with E-state index in [0.29, 0.717) is 0 Å². The van der Waals surface area contributed by atoms with Gasteiger partial charge in [0, 0.05) is 11.6 Å². The second kappa shape index (κ2) is 8.09. The lowest BCUT2D eigenvalue weighted by atomic mass is 10.1. The molecule has 136 valence electrons. The van der Waals surface area contributed by atoms with E-state index in [0.717, 1.165) is 21.9 Å². The molecule has 0 spiro atoms. The van der Waals surface area contributed by atoms with Gasteiger partial charge in [-0.05, 0) is 29.3 Å². The Morgan fingerprint density at radius 2 is 1.96 bits per heavy atom. The standard InChI is InChI=1S/C20H17N3O4/c1-14-9-10-19(18(11-14)23(25)26)27-13-20(24)22-21-12-16-7-4-6-15-5-2-3-8-17(15)16/h2-12H,13H2,1H3,(H,22,24)/b21-12-. The van der Waals surface area contributed by atoms with Gasteiger partial charge in [-0.15, -0.1) is 0 Å². The summed E-state index contributed by atoms with van der Waals surface area (Å²) in [4.78, 5) is 22.4. The number of ether oxygens (including phenoxy) is 1. The van der Waals surface area contributed by atoms with Crippen molar-refractivity contribution in [1.82, 2.24) is 5.43 Å². The van der Waals surface area contributed by atoms with E-state index in [2.05, 4.69) is 10.5 Å². The van der Waals surface area contributed by atoms with Crippen LogP contribution in [0.25, 0.3) is 10.8 Å². The molecule has 0 aliphatic carbocycles. The molecule has 3 rings (SSSR count). The Morgan fingerprint density at radius 3 is 2.78 bits per heavy atom. The zero-order valence-electron chi connectivity index (χ0n) is 14.6. The summed E-state index contributed by atoms with van der Waals surface area (Å²) < 4.78 is 5.26. The largest absolute Gasteiger partial charge is 0.477 e. The average molecular weight is 363 g/mol. The molecular formula is C20H17N3O4. The third-order valence-electron chi connectivity index (χ3n) is 3.89. The highest BCUT2D eigenvalue weighted by atomic mass is 16.6. The fourth-order valence-electron chi connectivity index (χ4n) is 2.60. The second-order valence-corrected chi connectivity index (χ2v) is 5.88. The summed E-state index contributed by atoms with van der Waals surface area (Å²) in [6.07, 6.45) is 1.55. The maximum absolute atomic E-state index is 11.9. The lowest BCUT2D eigenvalue weighted by Gasteiger charge is -2.06. The number of nitro groups is 1. The maximum atomic E-state index is 11.9. The van der Waals surface area contributed by atoms with Gasteiger partial charge in [0.05, 0.1) is 11.1 Å². The molecule has 0 bridgehead atoms. The van der Waals surface area contributed by atoms with Gasteiger partial charge in [0.15, 0.2) is 12.4 Å². The Bertz CT molecular complexity index is 1030. The summed E-state index contributed by atoms with van der Waals surface area (Å²) in [5.74, 6) is -0.472. The van der Waals surface area contributed by atoms with Crippen molar-refractivity contribution < 1.29 is 14.5 Å². The van der Waals surface area contributed by atoms with Crippen LogP contribution in [0.3, 0.4) is 0 Å². The van der Waals surface area contributed by atoms with E-state index < -0.39 is 10.8 Å². The normalized spacial score (nSPS) is 10.9. The Hall–Kier alpha value is -3.74. The smallest absolute Gasteiger partial charge is 0.311 e. The van der Waals surface area contributed by atoms with Crippen LogP contribution in [0.15, 0.2) is 65.8 Å². The van der Waals surface area contributed by atoms with Crippen molar-refractivity contribution in [3.05, 3.63) is 81.9 Å². The van der Waals surface area contributed by atoms with Gasteiger partial charge in [-0.3, -0.25) is 14.9 Å². The molecule has 7 heteroatoms. The number of carbonyl (C=O) groups is 1. The number of nitrogens with zero attached hydrogens (tertiary/aromatic N) is 2. The number of aryl methyl sites for hydroxylation is 1. The Labute approximate surface area is 155 Å². The van der Waals surface area contributed by atoms with Crippen molar-refractivity contribution in [2.45, 2.75) is 6.92 Å². The number of carbonyl (C=O) groups excluding carboxylic acids is 1. The van der Waals surface area contributed by atoms with Crippen molar-refractivity contribution >= 4 is 28.6 Å². The summed E-state index contributed by atoms with van der Waals surface area (Å²) >= 11 is 0. The minimum absolute atomic E-state index is 0.0405. The minimum atomic E-state index is -0.543. The van der Waals surface area contributed by atoms with Crippen LogP contribution in [0, 0.1) is 17.0 Å². The molecule has 1 N–H and O–H groups in total. The number of rotatable bonds is 6.